The quantitative estimate of drug-likeness (QED) is 0.166. The Morgan fingerprint density at radius 2 is 0.725 bits per heavy atom. The van der Waals surface area contributed by atoms with Crippen LogP contribution in [0.5, 0.6) is 0 Å². The molecule has 0 aliphatic carbocycles. The van der Waals surface area contributed by atoms with Crippen molar-refractivity contribution in [3.8, 4) is 0 Å². The fourth-order valence-electron chi connectivity index (χ4n) is 8.68. The Morgan fingerprint density at radius 3 is 1.08 bits per heavy atom. The van der Waals surface area contributed by atoms with Gasteiger partial charge < -0.3 is 14.9 Å². The summed E-state index contributed by atoms with van der Waals surface area (Å²) >= 11 is 0. The highest BCUT2D eigenvalue weighted by Gasteiger charge is 2.61. The summed E-state index contributed by atoms with van der Waals surface area (Å²) < 4.78 is 7.13. The molecule has 3 N–H and O–H groups in total. The lowest BCUT2D eigenvalue weighted by Gasteiger charge is -2.44. The predicted octanol–water partition coefficient (Wildman–Crippen LogP) is 9.56. The van der Waals surface area contributed by atoms with Crippen LogP contribution in [0.4, 0.5) is 0 Å². The molecule has 1 heterocycles. The number of nitrogens with one attached hydrogen (secondary N) is 1. The van der Waals surface area contributed by atoms with Gasteiger partial charge in [0.15, 0.2) is 0 Å². The second kappa shape index (κ2) is 11.9. The zero-order chi connectivity index (χ0) is 34.8. The van der Waals surface area contributed by atoms with Gasteiger partial charge in [0.25, 0.3) is 0 Å². The van der Waals surface area contributed by atoms with Crippen LogP contribution in [-0.2, 0) is 15.9 Å². The highest BCUT2D eigenvalue weighted by molar-refractivity contribution is 5.93. The summed E-state index contributed by atoms with van der Waals surface area (Å²) in [6.45, 7) is 3.94. The van der Waals surface area contributed by atoms with Gasteiger partial charge in [0, 0.05) is 0 Å². The lowest BCUT2D eigenvalue weighted by Crippen LogP contribution is -2.58. The molecule has 1 fully saturated rings. The average molecular weight is 666 g/mol. The summed E-state index contributed by atoms with van der Waals surface area (Å²) in [6, 6.07) is 56.1. The van der Waals surface area contributed by atoms with Crippen molar-refractivity contribution < 1.29 is 14.9 Å². The largest absolute Gasteiger partial charge is 0.379 e. The van der Waals surface area contributed by atoms with Crippen LogP contribution < -0.4 is 5.32 Å². The predicted molar refractivity (Wildman–Crippen MR) is 208 cm³/mol. The van der Waals surface area contributed by atoms with Gasteiger partial charge in [-0.2, -0.15) is 0 Å². The summed E-state index contributed by atoms with van der Waals surface area (Å²) in [7, 11) is 0. The molecule has 0 radical (unpaired) electrons. The normalized spacial score (nSPS) is 17.8. The van der Waals surface area contributed by atoms with Crippen molar-refractivity contribution in [2.45, 2.75) is 42.9 Å². The molecule has 8 aromatic rings. The summed E-state index contributed by atoms with van der Waals surface area (Å²) in [5.74, 6) is 0. The molecule has 8 aromatic carbocycles. The van der Waals surface area contributed by atoms with E-state index in [1.807, 2.05) is 111 Å². The van der Waals surface area contributed by atoms with Crippen LogP contribution in [0.2, 0.25) is 0 Å². The van der Waals surface area contributed by atoms with Crippen molar-refractivity contribution in [1.29, 1.82) is 0 Å². The monoisotopic (exact) mass is 665 g/mol. The maximum Gasteiger partial charge on any atom is 0.144 e. The van der Waals surface area contributed by atoms with Gasteiger partial charge in [0.2, 0.25) is 0 Å². The lowest BCUT2D eigenvalue weighted by molar-refractivity contribution is -0.127. The highest BCUT2D eigenvalue weighted by atomic mass is 16.6. The molecule has 9 rings (SSSR count). The van der Waals surface area contributed by atoms with Crippen molar-refractivity contribution in [3.63, 3.8) is 0 Å². The van der Waals surface area contributed by atoms with Gasteiger partial charge in [-0.05, 0) is 79.2 Å². The molecular formula is C47H39NO3. The van der Waals surface area contributed by atoms with Crippen molar-refractivity contribution in [2.24, 2.45) is 0 Å². The van der Waals surface area contributed by atoms with Gasteiger partial charge in [-0.1, -0.05) is 170 Å². The van der Waals surface area contributed by atoms with Gasteiger partial charge in [0.05, 0.1) is 6.04 Å². The minimum atomic E-state index is -1.74. The molecule has 1 saturated heterocycles. The van der Waals surface area contributed by atoms with Crippen LogP contribution in [0.1, 0.15) is 36.1 Å². The van der Waals surface area contributed by atoms with Crippen LogP contribution in [0.3, 0.4) is 0 Å². The lowest BCUT2D eigenvalue weighted by atomic mass is 9.68. The zero-order valence-electron chi connectivity index (χ0n) is 28.6. The van der Waals surface area contributed by atoms with E-state index >= 15 is 0 Å². The molecule has 0 saturated carbocycles. The molecule has 0 aromatic heterocycles. The smallest absolute Gasteiger partial charge is 0.144 e. The van der Waals surface area contributed by atoms with E-state index in [-0.39, 0.29) is 0 Å². The van der Waals surface area contributed by atoms with E-state index in [1.54, 1.807) is 0 Å². The summed E-state index contributed by atoms with van der Waals surface area (Å²) in [5, 5.41) is 39.6. The number of hydrogen-bond acceptors (Lipinski definition) is 4. The Labute approximate surface area is 297 Å². The number of aliphatic hydroxyl groups is 2. The third kappa shape index (κ3) is 4.90. The minimum Gasteiger partial charge on any atom is -0.379 e. The molecule has 2 unspecified atom stereocenters. The number of benzene rings is 8. The SMILES string of the molecule is CC1(C)NC(C(O)(c2cccc3ccccc23)c2cccc3ccccc23)C(C(O)(c2cccc3ccccc23)c2cccc3ccccc23)O1. The third-order valence-corrected chi connectivity index (χ3v) is 10.9. The molecule has 4 heteroatoms. The maximum atomic E-state index is 14.1. The van der Waals surface area contributed by atoms with Crippen LogP contribution in [0.15, 0.2) is 170 Å². The Bertz CT molecular complexity index is 2230. The Morgan fingerprint density at radius 1 is 0.431 bits per heavy atom. The second-order valence-electron chi connectivity index (χ2n) is 14.3. The Kier molecular flexibility index (Phi) is 7.36. The highest BCUT2D eigenvalue weighted by Crippen LogP contribution is 2.51. The Balaban J connectivity index is 1.41. The fraction of sp³-hybridized carbons (Fsp3) is 0.149. The summed E-state index contributed by atoms with van der Waals surface area (Å²) in [6.07, 6.45) is -0.980. The maximum absolute atomic E-state index is 14.1. The average Bonchev–Trinajstić information content (AvgIpc) is 3.52. The fourth-order valence-corrected chi connectivity index (χ4v) is 8.68. The third-order valence-electron chi connectivity index (χ3n) is 10.9. The number of fused-ring (bicyclic) bond motifs is 4. The zero-order valence-corrected chi connectivity index (χ0v) is 28.6. The standard InChI is InChI=1S/C47H39NO3/c1-45(2)48-43(46(49,39-27-11-19-31-15-3-7-23-35(31)39)40-28-12-20-32-16-4-8-24-36(32)40)44(51-45)47(50,41-29-13-21-33-17-5-9-25-37(33)41)42-30-14-22-34-18-6-10-26-38(34)42/h3-30,43-44,48-50H,1-2H3. The first kappa shape index (κ1) is 31.6. The molecule has 1 aliphatic heterocycles. The van der Waals surface area contributed by atoms with Gasteiger partial charge >= 0.3 is 0 Å². The van der Waals surface area contributed by atoms with Crippen LogP contribution in [0, 0.1) is 0 Å². The first-order valence-corrected chi connectivity index (χ1v) is 17.6. The first-order valence-electron chi connectivity index (χ1n) is 17.6. The van der Waals surface area contributed by atoms with Crippen molar-refractivity contribution >= 4 is 43.1 Å². The van der Waals surface area contributed by atoms with Gasteiger partial charge in [-0.3, -0.25) is 5.32 Å². The number of ether oxygens (including phenoxy) is 1. The Hall–Kier alpha value is -5.36. The molecule has 2 atom stereocenters. The van der Waals surface area contributed by atoms with E-state index in [9.17, 15) is 10.2 Å². The second-order valence-corrected chi connectivity index (χ2v) is 14.3. The van der Waals surface area contributed by atoms with E-state index in [0.29, 0.717) is 11.1 Å². The molecule has 250 valence electrons. The molecule has 0 amide bonds. The van der Waals surface area contributed by atoms with Gasteiger partial charge in [0.1, 0.15) is 23.0 Å². The van der Waals surface area contributed by atoms with Crippen LogP contribution >= 0.6 is 0 Å². The van der Waals surface area contributed by atoms with E-state index in [1.165, 1.54) is 0 Å². The molecular weight excluding hydrogens is 627 g/mol. The van der Waals surface area contributed by atoms with E-state index in [4.69, 9.17) is 4.74 Å². The van der Waals surface area contributed by atoms with Crippen molar-refractivity contribution in [3.05, 3.63) is 192 Å². The molecule has 1 aliphatic rings. The minimum absolute atomic E-state index is 0.713. The topological polar surface area (TPSA) is 61.7 Å². The summed E-state index contributed by atoms with van der Waals surface area (Å²) in [4.78, 5) is 0. The number of hydrogen-bond donors (Lipinski definition) is 3. The number of rotatable bonds is 6. The molecule has 51 heavy (non-hydrogen) atoms. The summed E-state index contributed by atoms with van der Waals surface area (Å²) in [5.41, 5.74) is -1.46. The van der Waals surface area contributed by atoms with Crippen molar-refractivity contribution in [2.75, 3.05) is 0 Å². The van der Waals surface area contributed by atoms with Gasteiger partial charge in [-0.25, -0.2) is 0 Å². The van der Waals surface area contributed by atoms with E-state index in [0.717, 1.165) is 54.2 Å². The first-order chi connectivity index (χ1) is 24.8. The molecule has 0 bridgehead atoms. The van der Waals surface area contributed by atoms with Crippen LogP contribution in [-0.4, -0.2) is 28.1 Å². The molecule has 4 nitrogen and oxygen atoms in total. The van der Waals surface area contributed by atoms with E-state index < -0.39 is 29.1 Å². The van der Waals surface area contributed by atoms with E-state index in [2.05, 4.69) is 78.1 Å². The van der Waals surface area contributed by atoms with Gasteiger partial charge in [-0.15, -0.1) is 0 Å². The van der Waals surface area contributed by atoms with Crippen molar-refractivity contribution in [1.82, 2.24) is 5.32 Å². The van der Waals surface area contributed by atoms with Crippen LogP contribution in [0.25, 0.3) is 43.1 Å². The molecule has 0 spiro atoms.